The lowest BCUT2D eigenvalue weighted by Crippen LogP contribution is -2.46. The molecule has 1 saturated heterocycles. The van der Waals surface area contributed by atoms with Gasteiger partial charge in [0.2, 0.25) is 11.8 Å². The third-order valence-electron chi connectivity index (χ3n) is 4.28. The fourth-order valence-corrected chi connectivity index (χ4v) is 3.57. The first-order chi connectivity index (χ1) is 12.7. The topological polar surface area (TPSA) is 64.7 Å². The minimum absolute atomic E-state index is 0.00665. The Morgan fingerprint density at radius 2 is 1.67 bits per heavy atom. The first-order valence-corrected chi connectivity index (χ1v) is 10.7. The van der Waals surface area contributed by atoms with Crippen molar-refractivity contribution in [1.29, 1.82) is 0 Å². The van der Waals surface area contributed by atoms with E-state index in [0.717, 1.165) is 43.2 Å². The summed E-state index contributed by atoms with van der Waals surface area (Å²) >= 11 is 1.66. The third kappa shape index (κ3) is 8.32. The predicted octanol–water partition coefficient (Wildman–Crippen LogP) is 2.27. The number of benzene rings is 1. The van der Waals surface area contributed by atoms with Crippen molar-refractivity contribution in [2.24, 2.45) is 0 Å². The van der Waals surface area contributed by atoms with Gasteiger partial charge in [-0.15, -0.1) is 11.8 Å². The summed E-state index contributed by atoms with van der Waals surface area (Å²) in [6.07, 6.45) is 2.98. The number of nitrogens with zero attached hydrogens (tertiary/aromatic N) is 2. The van der Waals surface area contributed by atoms with Gasteiger partial charge in [-0.1, -0.05) is 6.07 Å². The summed E-state index contributed by atoms with van der Waals surface area (Å²) in [7, 11) is 0. The first kappa shape index (κ1) is 21.7. The second kappa shape index (κ2) is 10.1. The molecule has 1 aromatic carbocycles. The lowest BCUT2D eigenvalue weighted by molar-refractivity contribution is -0.123. The van der Waals surface area contributed by atoms with Crippen molar-refractivity contribution in [2.75, 3.05) is 50.8 Å². The SMILES string of the molecule is CSc1cccc(NC(=O)CN2CCCN(CC(=O)NC(C)(C)C)CC2)c1. The maximum Gasteiger partial charge on any atom is 0.238 e. The van der Waals surface area contributed by atoms with Gasteiger partial charge in [0.1, 0.15) is 0 Å². The van der Waals surface area contributed by atoms with Gasteiger partial charge < -0.3 is 10.6 Å². The first-order valence-electron chi connectivity index (χ1n) is 9.45. The molecule has 0 bridgehead atoms. The molecule has 7 heteroatoms. The fourth-order valence-electron chi connectivity index (χ4n) is 3.11. The lowest BCUT2D eigenvalue weighted by Gasteiger charge is -2.25. The van der Waals surface area contributed by atoms with Crippen molar-refractivity contribution in [3.05, 3.63) is 24.3 Å². The van der Waals surface area contributed by atoms with Crippen LogP contribution in [-0.4, -0.2) is 72.7 Å². The Balaban J connectivity index is 1.78. The van der Waals surface area contributed by atoms with Crippen molar-refractivity contribution in [1.82, 2.24) is 15.1 Å². The Morgan fingerprint density at radius 3 is 2.26 bits per heavy atom. The average molecular weight is 393 g/mol. The molecule has 1 heterocycles. The van der Waals surface area contributed by atoms with Gasteiger partial charge in [-0.05, 0) is 64.7 Å². The maximum absolute atomic E-state index is 12.4. The minimum atomic E-state index is -0.208. The molecule has 150 valence electrons. The number of thioether (sulfide) groups is 1. The number of carbonyl (C=O) groups is 2. The summed E-state index contributed by atoms with van der Waals surface area (Å²) in [6.45, 7) is 10.1. The van der Waals surface area contributed by atoms with E-state index >= 15 is 0 Å². The highest BCUT2D eigenvalue weighted by Gasteiger charge is 2.20. The molecule has 0 saturated carbocycles. The fraction of sp³-hybridized carbons (Fsp3) is 0.600. The van der Waals surface area contributed by atoms with Crippen molar-refractivity contribution in [2.45, 2.75) is 37.6 Å². The van der Waals surface area contributed by atoms with E-state index in [1.54, 1.807) is 11.8 Å². The standard InChI is InChI=1S/C20H32N4O2S/c1-20(2,3)22-19(26)15-24-10-6-9-23(11-12-24)14-18(25)21-16-7-5-8-17(13-16)27-4/h5,7-8,13H,6,9-12,14-15H2,1-4H3,(H,21,25)(H,22,26). The molecule has 2 amide bonds. The number of nitrogens with one attached hydrogen (secondary N) is 2. The monoisotopic (exact) mass is 392 g/mol. The van der Waals surface area contributed by atoms with E-state index in [1.807, 2.05) is 51.3 Å². The Kier molecular flexibility index (Phi) is 8.13. The quantitative estimate of drug-likeness (QED) is 0.727. The number of hydrogen-bond donors (Lipinski definition) is 2. The molecule has 2 N–H and O–H groups in total. The summed E-state index contributed by atoms with van der Waals surface area (Å²) in [5.41, 5.74) is 0.628. The van der Waals surface area contributed by atoms with E-state index in [9.17, 15) is 9.59 Å². The Hall–Kier alpha value is -1.57. The van der Waals surface area contributed by atoms with Gasteiger partial charge in [0.15, 0.2) is 0 Å². The van der Waals surface area contributed by atoms with Crippen LogP contribution in [0.5, 0.6) is 0 Å². The molecule has 1 aliphatic rings. The zero-order chi connectivity index (χ0) is 19.9. The van der Waals surface area contributed by atoms with E-state index in [0.29, 0.717) is 13.1 Å². The molecule has 1 fully saturated rings. The van der Waals surface area contributed by atoms with Crippen LogP contribution in [0.3, 0.4) is 0 Å². The molecular weight excluding hydrogens is 360 g/mol. The van der Waals surface area contributed by atoms with Crippen LogP contribution in [0, 0.1) is 0 Å². The van der Waals surface area contributed by atoms with Gasteiger partial charge in [-0.3, -0.25) is 19.4 Å². The largest absolute Gasteiger partial charge is 0.350 e. The Labute approximate surface area is 167 Å². The van der Waals surface area contributed by atoms with Gasteiger partial charge in [0.25, 0.3) is 0 Å². The van der Waals surface area contributed by atoms with Gasteiger partial charge >= 0.3 is 0 Å². The van der Waals surface area contributed by atoms with Gasteiger partial charge in [-0.2, -0.15) is 0 Å². The molecule has 0 unspecified atom stereocenters. The van der Waals surface area contributed by atoms with Crippen molar-refractivity contribution in [3.63, 3.8) is 0 Å². The van der Waals surface area contributed by atoms with Crippen LogP contribution >= 0.6 is 11.8 Å². The summed E-state index contributed by atoms with van der Waals surface area (Å²) in [5, 5.41) is 5.99. The minimum Gasteiger partial charge on any atom is -0.350 e. The zero-order valence-electron chi connectivity index (χ0n) is 16.9. The Bertz CT molecular complexity index is 645. The molecule has 1 aliphatic heterocycles. The van der Waals surface area contributed by atoms with Crippen LogP contribution < -0.4 is 10.6 Å². The Morgan fingerprint density at radius 1 is 1.04 bits per heavy atom. The molecule has 2 rings (SSSR count). The van der Waals surface area contributed by atoms with Crippen LogP contribution in [0.25, 0.3) is 0 Å². The third-order valence-corrected chi connectivity index (χ3v) is 5.01. The van der Waals surface area contributed by atoms with Gasteiger partial charge in [0.05, 0.1) is 13.1 Å². The number of rotatable bonds is 6. The highest BCUT2D eigenvalue weighted by molar-refractivity contribution is 7.98. The van der Waals surface area contributed by atoms with E-state index in [-0.39, 0.29) is 17.4 Å². The predicted molar refractivity (Wildman–Crippen MR) is 112 cm³/mol. The molecule has 1 aromatic rings. The van der Waals surface area contributed by atoms with E-state index < -0.39 is 0 Å². The van der Waals surface area contributed by atoms with E-state index in [4.69, 9.17) is 0 Å². The number of amides is 2. The maximum atomic E-state index is 12.4. The highest BCUT2D eigenvalue weighted by atomic mass is 32.2. The number of carbonyl (C=O) groups excluding carboxylic acids is 2. The molecule has 6 nitrogen and oxygen atoms in total. The molecule has 0 atom stereocenters. The second-order valence-corrected chi connectivity index (χ2v) is 8.86. The van der Waals surface area contributed by atoms with E-state index in [1.165, 1.54) is 0 Å². The lowest BCUT2D eigenvalue weighted by atomic mass is 10.1. The molecule has 0 aromatic heterocycles. The smallest absolute Gasteiger partial charge is 0.238 e. The molecule has 0 aliphatic carbocycles. The van der Waals surface area contributed by atoms with E-state index in [2.05, 4.69) is 20.4 Å². The zero-order valence-corrected chi connectivity index (χ0v) is 17.7. The van der Waals surface area contributed by atoms with Crippen LogP contribution in [0.4, 0.5) is 5.69 Å². The number of anilines is 1. The summed E-state index contributed by atoms with van der Waals surface area (Å²) in [5.74, 6) is 0.0644. The number of hydrogen-bond acceptors (Lipinski definition) is 5. The van der Waals surface area contributed by atoms with Gasteiger partial charge in [-0.25, -0.2) is 0 Å². The normalized spacial score (nSPS) is 16.6. The average Bonchev–Trinajstić information content (AvgIpc) is 2.78. The van der Waals surface area contributed by atoms with Crippen molar-refractivity contribution in [3.8, 4) is 0 Å². The molecule has 0 radical (unpaired) electrons. The van der Waals surface area contributed by atoms with Crippen LogP contribution in [0.2, 0.25) is 0 Å². The van der Waals surface area contributed by atoms with Crippen LogP contribution in [0.1, 0.15) is 27.2 Å². The van der Waals surface area contributed by atoms with Crippen LogP contribution in [-0.2, 0) is 9.59 Å². The van der Waals surface area contributed by atoms with Crippen LogP contribution in [0.15, 0.2) is 29.2 Å². The highest BCUT2D eigenvalue weighted by Crippen LogP contribution is 2.19. The summed E-state index contributed by atoms with van der Waals surface area (Å²) in [4.78, 5) is 30.0. The van der Waals surface area contributed by atoms with Gasteiger partial charge in [0, 0.05) is 29.2 Å². The summed E-state index contributed by atoms with van der Waals surface area (Å²) < 4.78 is 0. The molecule has 0 spiro atoms. The molecule has 27 heavy (non-hydrogen) atoms. The second-order valence-electron chi connectivity index (χ2n) is 7.98. The molecular formula is C20H32N4O2S. The van der Waals surface area contributed by atoms with Crippen molar-refractivity contribution < 1.29 is 9.59 Å². The van der Waals surface area contributed by atoms with Crippen molar-refractivity contribution >= 4 is 29.3 Å². The summed E-state index contributed by atoms with van der Waals surface area (Å²) in [6, 6.07) is 7.88.